The van der Waals surface area contributed by atoms with Crippen LogP contribution in [0.25, 0.3) is 10.1 Å². The second-order valence-electron chi connectivity index (χ2n) is 4.82. The van der Waals surface area contributed by atoms with E-state index in [4.69, 9.17) is 0 Å². The van der Waals surface area contributed by atoms with Crippen molar-refractivity contribution >= 4 is 59.9 Å². The number of benzene rings is 2. The molecule has 0 spiro atoms. The van der Waals surface area contributed by atoms with E-state index in [2.05, 4.69) is 98.6 Å². The summed E-state index contributed by atoms with van der Waals surface area (Å²) in [4.78, 5) is 0. The molecule has 3 aromatic rings. The van der Waals surface area contributed by atoms with Gasteiger partial charge in [0.25, 0.3) is 0 Å². The van der Waals surface area contributed by atoms with Crippen LogP contribution in [-0.4, -0.2) is 6.54 Å². The first-order chi connectivity index (χ1) is 10.2. The summed E-state index contributed by atoms with van der Waals surface area (Å²) in [5.74, 6) is 0. The predicted octanol–water partition coefficient (Wildman–Crippen LogP) is 5.97. The van der Waals surface area contributed by atoms with Gasteiger partial charge < -0.3 is 5.32 Å². The molecule has 0 aliphatic heterocycles. The summed E-state index contributed by atoms with van der Waals surface area (Å²) >= 11 is 7.89. The molecule has 0 saturated carbocycles. The van der Waals surface area contributed by atoms with Gasteiger partial charge in [-0.05, 0) is 79.1 Å². The van der Waals surface area contributed by atoms with E-state index in [9.17, 15) is 0 Å². The van der Waals surface area contributed by atoms with Crippen molar-refractivity contribution in [3.63, 3.8) is 0 Å². The number of fused-ring (bicyclic) bond motifs is 1. The first-order valence-corrected chi connectivity index (χ1v) is 9.61. The van der Waals surface area contributed by atoms with E-state index in [-0.39, 0.29) is 6.04 Å². The summed E-state index contributed by atoms with van der Waals surface area (Å²) in [6.07, 6.45) is 0. The van der Waals surface area contributed by atoms with Gasteiger partial charge >= 0.3 is 0 Å². The van der Waals surface area contributed by atoms with Gasteiger partial charge in [-0.15, -0.1) is 11.3 Å². The molecule has 1 nitrogen and oxygen atoms in total. The van der Waals surface area contributed by atoms with Gasteiger partial charge in [0.05, 0.1) is 6.04 Å². The van der Waals surface area contributed by atoms with Crippen LogP contribution in [0, 0.1) is 3.57 Å². The summed E-state index contributed by atoms with van der Waals surface area (Å²) in [7, 11) is 0. The maximum absolute atomic E-state index is 3.66. The van der Waals surface area contributed by atoms with Crippen molar-refractivity contribution in [1.29, 1.82) is 0 Å². The Labute approximate surface area is 151 Å². The molecule has 21 heavy (non-hydrogen) atoms. The van der Waals surface area contributed by atoms with Crippen molar-refractivity contribution in [3.8, 4) is 0 Å². The molecule has 3 rings (SSSR count). The maximum Gasteiger partial charge on any atom is 0.0601 e. The van der Waals surface area contributed by atoms with Crippen LogP contribution >= 0.6 is 49.9 Å². The Morgan fingerprint density at radius 2 is 1.95 bits per heavy atom. The van der Waals surface area contributed by atoms with E-state index in [1.807, 2.05) is 0 Å². The van der Waals surface area contributed by atoms with Crippen LogP contribution in [0.5, 0.6) is 0 Å². The zero-order valence-corrected chi connectivity index (χ0v) is 16.1. The smallest absolute Gasteiger partial charge is 0.0601 e. The molecule has 0 saturated heterocycles. The Morgan fingerprint density at radius 3 is 2.71 bits per heavy atom. The third-order valence-corrected chi connectivity index (χ3v) is 6.47. The molecule has 0 radical (unpaired) electrons. The Bertz CT molecular complexity index is 768. The van der Waals surface area contributed by atoms with E-state index < -0.39 is 0 Å². The topological polar surface area (TPSA) is 12.0 Å². The van der Waals surface area contributed by atoms with Gasteiger partial charge in [0.15, 0.2) is 0 Å². The van der Waals surface area contributed by atoms with Crippen molar-refractivity contribution in [2.24, 2.45) is 0 Å². The van der Waals surface area contributed by atoms with Crippen molar-refractivity contribution in [2.75, 3.05) is 6.54 Å². The molecule has 1 heterocycles. The summed E-state index contributed by atoms with van der Waals surface area (Å²) in [5.41, 5.74) is 2.71. The summed E-state index contributed by atoms with van der Waals surface area (Å²) in [6, 6.07) is 15.3. The predicted molar refractivity (Wildman–Crippen MR) is 104 cm³/mol. The van der Waals surface area contributed by atoms with Crippen molar-refractivity contribution in [3.05, 3.63) is 67.0 Å². The Hall–Kier alpha value is -0.430. The van der Waals surface area contributed by atoms with Gasteiger partial charge in [-0.25, -0.2) is 0 Å². The van der Waals surface area contributed by atoms with Gasteiger partial charge in [0.2, 0.25) is 0 Å². The number of hydrogen-bond acceptors (Lipinski definition) is 2. The average molecular weight is 472 g/mol. The van der Waals surface area contributed by atoms with Gasteiger partial charge in [-0.1, -0.05) is 37.3 Å². The molecule has 1 N–H and O–H groups in total. The number of halogens is 2. The summed E-state index contributed by atoms with van der Waals surface area (Å²) in [6.45, 7) is 3.11. The average Bonchev–Trinajstić information content (AvgIpc) is 2.91. The fourth-order valence-corrected chi connectivity index (χ4v) is 4.91. The van der Waals surface area contributed by atoms with Crippen LogP contribution in [0.2, 0.25) is 0 Å². The van der Waals surface area contributed by atoms with E-state index in [0.29, 0.717) is 0 Å². The molecule has 0 aliphatic carbocycles. The van der Waals surface area contributed by atoms with Crippen molar-refractivity contribution < 1.29 is 0 Å². The van der Waals surface area contributed by atoms with Crippen LogP contribution in [0.1, 0.15) is 24.1 Å². The van der Waals surface area contributed by atoms with Crippen LogP contribution in [0.3, 0.4) is 0 Å². The SMILES string of the molecule is CCNC(c1ccccc1I)c1csc2c(Br)cccc12. The van der Waals surface area contributed by atoms with Crippen LogP contribution < -0.4 is 5.32 Å². The molecule has 1 atom stereocenters. The fourth-order valence-electron chi connectivity index (χ4n) is 2.57. The fraction of sp³-hybridized carbons (Fsp3) is 0.176. The Morgan fingerprint density at radius 1 is 1.14 bits per heavy atom. The summed E-state index contributed by atoms with van der Waals surface area (Å²) < 4.78 is 3.80. The Kier molecular flexibility index (Phi) is 4.99. The molecular formula is C17H15BrINS. The standard InChI is InChI=1S/C17H15BrINS/c1-2-20-16(12-6-3-4-9-15(12)19)13-10-21-17-11(13)7-5-8-14(17)18/h3-10,16,20H,2H2,1H3. The highest BCUT2D eigenvalue weighted by Crippen LogP contribution is 2.38. The van der Waals surface area contributed by atoms with Crippen LogP contribution in [0.15, 0.2) is 52.3 Å². The number of nitrogens with one attached hydrogen (secondary N) is 1. The van der Waals surface area contributed by atoms with E-state index >= 15 is 0 Å². The molecule has 0 aliphatic rings. The third kappa shape index (κ3) is 3.04. The van der Waals surface area contributed by atoms with E-state index in [1.54, 1.807) is 11.3 Å². The minimum absolute atomic E-state index is 0.242. The quantitative estimate of drug-likeness (QED) is 0.462. The monoisotopic (exact) mass is 471 g/mol. The van der Waals surface area contributed by atoms with Crippen LogP contribution in [0.4, 0.5) is 0 Å². The molecule has 4 heteroatoms. The molecule has 1 aromatic heterocycles. The van der Waals surface area contributed by atoms with Gasteiger partial charge in [-0.3, -0.25) is 0 Å². The van der Waals surface area contributed by atoms with E-state index in [1.165, 1.54) is 29.3 Å². The first-order valence-electron chi connectivity index (χ1n) is 6.85. The highest BCUT2D eigenvalue weighted by Gasteiger charge is 2.19. The number of thiophene rings is 1. The van der Waals surface area contributed by atoms with Crippen molar-refractivity contribution in [1.82, 2.24) is 5.32 Å². The lowest BCUT2D eigenvalue weighted by atomic mass is 9.98. The number of hydrogen-bond donors (Lipinski definition) is 1. The largest absolute Gasteiger partial charge is 0.306 e. The lowest BCUT2D eigenvalue weighted by Gasteiger charge is -2.19. The van der Waals surface area contributed by atoms with Crippen LogP contribution in [-0.2, 0) is 0 Å². The molecule has 0 amide bonds. The number of rotatable bonds is 4. The van der Waals surface area contributed by atoms with Gasteiger partial charge in [0.1, 0.15) is 0 Å². The molecule has 0 bridgehead atoms. The zero-order chi connectivity index (χ0) is 14.8. The molecule has 1 unspecified atom stereocenters. The minimum Gasteiger partial charge on any atom is -0.306 e. The lowest BCUT2D eigenvalue weighted by molar-refractivity contribution is 0.633. The molecule has 0 fully saturated rings. The summed E-state index contributed by atoms with van der Waals surface area (Å²) in [5, 5.41) is 7.26. The van der Waals surface area contributed by atoms with E-state index in [0.717, 1.165) is 6.54 Å². The second-order valence-corrected chi connectivity index (χ2v) is 7.72. The molecular weight excluding hydrogens is 457 g/mol. The zero-order valence-electron chi connectivity index (χ0n) is 11.6. The maximum atomic E-state index is 3.66. The highest BCUT2D eigenvalue weighted by atomic mass is 127. The third-order valence-electron chi connectivity index (χ3n) is 3.52. The Balaban J connectivity index is 2.16. The highest BCUT2D eigenvalue weighted by molar-refractivity contribution is 14.1. The second kappa shape index (κ2) is 6.77. The van der Waals surface area contributed by atoms with Gasteiger partial charge in [-0.2, -0.15) is 0 Å². The molecule has 108 valence electrons. The lowest BCUT2D eigenvalue weighted by Crippen LogP contribution is -2.22. The molecule has 2 aromatic carbocycles. The first kappa shape index (κ1) is 15.5. The normalized spacial score (nSPS) is 12.7. The van der Waals surface area contributed by atoms with Gasteiger partial charge in [0, 0.05) is 12.7 Å². The minimum atomic E-state index is 0.242. The van der Waals surface area contributed by atoms with Crippen molar-refractivity contribution in [2.45, 2.75) is 13.0 Å².